The van der Waals surface area contributed by atoms with Crippen molar-refractivity contribution in [2.75, 3.05) is 5.32 Å². The van der Waals surface area contributed by atoms with Crippen LogP contribution in [-0.2, 0) is 23.3 Å². The molecule has 0 aliphatic rings. The number of aromatic nitrogens is 6. The Hall–Kier alpha value is -3.75. The van der Waals surface area contributed by atoms with Crippen molar-refractivity contribution >= 4 is 22.8 Å². The third-order valence-corrected chi connectivity index (χ3v) is 5.03. The van der Waals surface area contributed by atoms with Crippen LogP contribution in [0, 0.1) is 0 Å². The van der Waals surface area contributed by atoms with Crippen LogP contribution >= 0.6 is 0 Å². The second kappa shape index (κ2) is 7.82. The van der Waals surface area contributed by atoms with Gasteiger partial charge in [-0.1, -0.05) is 32.9 Å². The molecule has 0 spiro atoms. The van der Waals surface area contributed by atoms with Gasteiger partial charge in [0.1, 0.15) is 12.4 Å². The first-order valence-electron chi connectivity index (χ1n) is 10.2. The summed E-state index contributed by atoms with van der Waals surface area (Å²) >= 11 is 0. The minimum absolute atomic E-state index is 0.113. The lowest BCUT2D eigenvalue weighted by Gasteiger charge is -2.13. The lowest BCUT2D eigenvalue weighted by Crippen LogP contribution is -2.29. The molecule has 1 N–H and O–H groups in total. The zero-order valence-corrected chi connectivity index (χ0v) is 18.0. The highest BCUT2D eigenvalue weighted by Crippen LogP contribution is 2.25. The number of anilines is 1. The summed E-state index contributed by atoms with van der Waals surface area (Å²) in [5.74, 6) is 0.472. The molecule has 0 fully saturated rings. The maximum absolute atomic E-state index is 13.0. The van der Waals surface area contributed by atoms with Gasteiger partial charge in [-0.15, -0.1) is 0 Å². The number of aryl methyl sites for hydroxylation is 1. The number of carbonyl (C=O) groups excluding carboxylic acids is 1. The van der Waals surface area contributed by atoms with Gasteiger partial charge in [-0.2, -0.15) is 9.78 Å². The number of rotatable bonds is 5. The molecule has 0 unspecified atom stereocenters. The Morgan fingerprint density at radius 2 is 1.68 bits per heavy atom. The molecule has 9 heteroatoms. The first-order chi connectivity index (χ1) is 14.8. The van der Waals surface area contributed by atoms with Crippen molar-refractivity contribution < 1.29 is 4.79 Å². The molecule has 4 rings (SSSR count). The Bertz CT molecular complexity index is 1290. The van der Waals surface area contributed by atoms with Gasteiger partial charge in [-0.25, -0.2) is 14.8 Å². The van der Waals surface area contributed by atoms with Crippen LogP contribution in [0.15, 0.2) is 53.6 Å². The Balaban J connectivity index is 1.69. The molecular formula is C22H25N7O2. The predicted molar refractivity (Wildman–Crippen MR) is 118 cm³/mol. The van der Waals surface area contributed by atoms with Gasteiger partial charge in [0.2, 0.25) is 5.91 Å². The van der Waals surface area contributed by atoms with Gasteiger partial charge in [0.25, 0.3) is 5.95 Å². The van der Waals surface area contributed by atoms with E-state index in [1.807, 2.05) is 58.0 Å². The van der Waals surface area contributed by atoms with Crippen molar-refractivity contribution in [3.05, 3.63) is 65.0 Å². The summed E-state index contributed by atoms with van der Waals surface area (Å²) in [6, 6.07) is 11.0. The van der Waals surface area contributed by atoms with Crippen LogP contribution in [0.25, 0.3) is 17.0 Å². The number of nitrogens with one attached hydrogen (secondary N) is 1. The van der Waals surface area contributed by atoms with E-state index in [-0.39, 0.29) is 23.6 Å². The first kappa shape index (κ1) is 20.5. The van der Waals surface area contributed by atoms with Gasteiger partial charge in [0.05, 0.1) is 16.7 Å². The van der Waals surface area contributed by atoms with Gasteiger partial charge >= 0.3 is 5.69 Å². The molecule has 0 aliphatic heterocycles. The molecule has 4 aromatic rings. The highest BCUT2D eigenvalue weighted by atomic mass is 16.2. The maximum atomic E-state index is 13.0. The van der Waals surface area contributed by atoms with Crippen LogP contribution in [0.5, 0.6) is 0 Å². The number of fused-ring (bicyclic) bond motifs is 1. The summed E-state index contributed by atoms with van der Waals surface area (Å²) < 4.78 is 4.65. The Morgan fingerprint density at radius 3 is 2.29 bits per heavy atom. The van der Waals surface area contributed by atoms with Crippen molar-refractivity contribution in [1.29, 1.82) is 0 Å². The van der Waals surface area contributed by atoms with Crippen molar-refractivity contribution in [1.82, 2.24) is 28.9 Å². The van der Waals surface area contributed by atoms with E-state index in [0.29, 0.717) is 18.3 Å². The lowest BCUT2D eigenvalue weighted by molar-refractivity contribution is -0.116. The molecule has 0 radical (unpaired) electrons. The number of amides is 1. The molecule has 31 heavy (non-hydrogen) atoms. The van der Waals surface area contributed by atoms with Crippen LogP contribution in [0.3, 0.4) is 0 Å². The second-order valence-corrected chi connectivity index (χ2v) is 8.28. The van der Waals surface area contributed by atoms with E-state index in [9.17, 15) is 9.59 Å². The van der Waals surface area contributed by atoms with Crippen molar-refractivity contribution in [2.24, 2.45) is 0 Å². The van der Waals surface area contributed by atoms with Gasteiger partial charge in [-0.3, -0.25) is 13.9 Å². The van der Waals surface area contributed by atoms with Crippen molar-refractivity contribution in [3.8, 4) is 5.95 Å². The summed E-state index contributed by atoms with van der Waals surface area (Å²) in [4.78, 5) is 34.3. The van der Waals surface area contributed by atoms with E-state index >= 15 is 0 Å². The number of hydrogen-bond acceptors (Lipinski definition) is 5. The largest absolute Gasteiger partial charge is 0.329 e. The number of carbonyl (C=O) groups is 1. The molecule has 0 aliphatic carbocycles. The highest BCUT2D eigenvalue weighted by Gasteiger charge is 2.23. The van der Waals surface area contributed by atoms with E-state index in [0.717, 1.165) is 16.7 Å². The topological polar surface area (TPSA) is 99.6 Å². The normalized spacial score (nSPS) is 11.7. The molecule has 3 heterocycles. The molecule has 1 amide bonds. The smallest absolute Gasteiger partial charge is 0.309 e. The molecule has 1 aromatic carbocycles. The SMILES string of the molecule is CCn1c(=O)n(CC(=O)Nc2cc(C(C)(C)C)nn2-c2ncccn2)c2ccccc21. The molecule has 3 aromatic heterocycles. The van der Waals surface area contributed by atoms with Gasteiger partial charge in [0.15, 0.2) is 0 Å². The molecule has 0 saturated carbocycles. The second-order valence-electron chi connectivity index (χ2n) is 8.28. The molecule has 0 bridgehead atoms. The van der Waals surface area contributed by atoms with Gasteiger partial charge in [-0.05, 0) is 25.1 Å². The van der Waals surface area contributed by atoms with Gasteiger partial charge in [0, 0.05) is 30.4 Å². The number of para-hydroxylation sites is 2. The van der Waals surface area contributed by atoms with Crippen molar-refractivity contribution in [2.45, 2.75) is 46.2 Å². The van der Waals surface area contributed by atoms with E-state index in [1.165, 1.54) is 9.25 Å². The molecule has 9 nitrogen and oxygen atoms in total. The monoisotopic (exact) mass is 419 g/mol. The number of nitrogens with zero attached hydrogens (tertiary/aromatic N) is 6. The minimum Gasteiger partial charge on any atom is -0.309 e. The van der Waals surface area contributed by atoms with E-state index < -0.39 is 0 Å². The molecule has 0 atom stereocenters. The average molecular weight is 419 g/mol. The van der Waals surface area contributed by atoms with Crippen molar-refractivity contribution in [3.63, 3.8) is 0 Å². The Labute approximate surface area is 179 Å². The summed E-state index contributed by atoms with van der Waals surface area (Å²) in [7, 11) is 0. The van der Waals surface area contributed by atoms with Gasteiger partial charge < -0.3 is 5.32 Å². The number of hydrogen-bond donors (Lipinski definition) is 1. The quantitative estimate of drug-likeness (QED) is 0.536. The third-order valence-electron chi connectivity index (χ3n) is 5.03. The highest BCUT2D eigenvalue weighted by molar-refractivity contribution is 5.91. The third kappa shape index (κ3) is 3.86. The zero-order chi connectivity index (χ0) is 22.2. The number of benzene rings is 1. The van der Waals surface area contributed by atoms with Crippen LogP contribution in [-0.4, -0.2) is 34.8 Å². The lowest BCUT2D eigenvalue weighted by atomic mass is 9.92. The van der Waals surface area contributed by atoms with Crippen LogP contribution in [0.2, 0.25) is 0 Å². The molecule has 160 valence electrons. The standard InChI is InChI=1S/C22H25N7O2/c1-5-27-15-9-6-7-10-16(15)28(21(27)31)14-19(30)25-18-13-17(22(2,3)4)26-29(18)20-23-11-8-12-24-20/h6-13H,5,14H2,1-4H3,(H,25,30). The first-order valence-corrected chi connectivity index (χ1v) is 10.2. The number of imidazole rings is 1. The Kier molecular flexibility index (Phi) is 5.18. The summed E-state index contributed by atoms with van der Waals surface area (Å²) in [5, 5.41) is 7.48. The van der Waals surface area contributed by atoms with E-state index in [1.54, 1.807) is 23.0 Å². The van der Waals surface area contributed by atoms with Crippen LogP contribution < -0.4 is 11.0 Å². The summed E-state index contributed by atoms with van der Waals surface area (Å²) in [6.45, 7) is 8.44. The summed E-state index contributed by atoms with van der Waals surface area (Å²) in [6.07, 6.45) is 3.23. The van der Waals surface area contributed by atoms with E-state index in [4.69, 9.17) is 0 Å². The minimum atomic E-state index is -0.335. The zero-order valence-electron chi connectivity index (χ0n) is 18.0. The molecule has 0 saturated heterocycles. The van der Waals surface area contributed by atoms with E-state index in [2.05, 4.69) is 20.4 Å². The predicted octanol–water partition coefficient (Wildman–Crippen LogP) is 2.73. The fraction of sp³-hybridized carbons (Fsp3) is 0.318. The summed E-state index contributed by atoms with van der Waals surface area (Å²) in [5.41, 5.74) is 1.87. The fourth-order valence-electron chi connectivity index (χ4n) is 3.45. The maximum Gasteiger partial charge on any atom is 0.329 e. The average Bonchev–Trinajstić information content (AvgIpc) is 3.28. The van der Waals surface area contributed by atoms with Crippen LogP contribution in [0.1, 0.15) is 33.4 Å². The fourth-order valence-corrected chi connectivity index (χ4v) is 3.45. The molecular weight excluding hydrogens is 394 g/mol. The Morgan fingerprint density at radius 1 is 1.03 bits per heavy atom. The van der Waals surface area contributed by atoms with Crippen LogP contribution in [0.4, 0.5) is 5.82 Å².